The Morgan fingerprint density at radius 3 is 2.52 bits per heavy atom. The molecular formula is C17H19ClF2N4O4S. The van der Waals surface area contributed by atoms with Gasteiger partial charge >= 0.3 is 5.97 Å². The van der Waals surface area contributed by atoms with Crippen molar-refractivity contribution in [1.29, 1.82) is 0 Å². The largest absolute Gasteiger partial charge is 0.462 e. The molecule has 2 aromatic rings. The number of halogens is 3. The molecule has 0 saturated carbocycles. The molecule has 0 aliphatic rings. The number of rotatable bonds is 8. The van der Waals surface area contributed by atoms with E-state index in [1.165, 1.54) is 13.8 Å². The fraction of sp³-hybridized carbons (Fsp3) is 0.412. The first-order valence-electron chi connectivity index (χ1n) is 8.49. The summed E-state index contributed by atoms with van der Waals surface area (Å²) in [5.74, 6) is -2.12. The molecule has 0 aliphatic heterocycles. The van der Waals surface area contributed by atoms with Crippen molar-refractivity contribution in [2.75, 3.05) is 11.9 Å². The van der Waals surface area contributed by atoms with Crippen LogP contribution in [-0.2, 0) is 16.1 Å². The van der Waals surface area contributed by atoms with Crippen LogP contribution in [-0.4, -0.2) is 34.2 Å². The summed E-state index contributed by atoms with van der Waals surface area (Å²) < 4.78 is 32.0. The lowest BCUT2D eigenvalue weighted by Gasteiger charge is -2.08. The number of nitrogens with two attached hydrogens (primary N) is 1. The molecule has 0 unspecified atom stereocenters. The summed E-state index contributed by atoms with van der Waals surface area (Å²) in [6.07, 6.45) is -2.30. The summed E-state index contributed by atoms with van der Waals surface area (Å²) in [5, 5.41) is 6.00. The third kappa shape index (κ3) is 4.91. The summed E-state index contributed by atoms with van der Waals surface area (Å²) in [6, 6.07) is 0. The molecule has 2 aromatic heterocycles. The molecule has 0 saturated heterocycles. The van der Waals surface area contributed by atoms with E-state index in [1.807, 2.05) is 6.92 Å². The van der Waals surface area contributed by atoms with E-state index in [9.17, 15) is 23.2 Å². The van der Waals surface area contributed by atoms with Crippen LogP contribution >= 0.6 is 22.9 Å². The molecule has 0 aromatic carbocycles. The fourth-order valence-corrected chi connectivity index (χ4v) is 3.77. The van der Waals surface area contributed by atoms with Gasteiger partial charge in [-0.2, -0.15) is 5.10 Å². The number of aromatic nitrogens is 2. The van der Waals surface area contributed by atoms with Gasteiger partial charge in [-0.3, -0.25) is 14.3 Å². The van der Waals surface area contributed by atoms with Gasteiger partial charge in [0.1, 0.15) is 17.2 Å². The number of esters is 1. The van der Waals surface area contributed by atoms with Gasteiger partial charge in [-0.05, 0) is 25.8 Å². The van der Waals surface area contributed by atoms with Crippen LogP contribution in [0.25, 0.3) is 0 Å². The van der Waals surface area contributed by atoms with Crippen LogP contribution in [0.5, 0.6) is 0 Å². The minimum absolute atomic E-state index is 0.0223. The van der Waals surface area contributed by atoms with Crippen LogP contribution in [0, 0.1) is 13.8 Å². The third-order valence-electron chi connectivity index (χ3n) is 3.92. The van der Waals surface area contributed by atoms with E-state index >= 15 is 0 Å². The molecule has 158 valence electrons. The van der Waals surface area contributed by atoms with Gasteiger partial charge in [0.25, 0.3) is 12.3 Å². The number of nitrogens with zero attached hydrogens (tertiary/aromatic N) is 2. The molecule has 2 heterocycles. The van der Waals surface area contributed by atoms with Gasteiger partial charge in [-0.1, -0.05) is 18.5 Å². The molecule has 2 rings (SSSR count). The number of primary amides is 1. The average molecular weight is 449 g/mol. The number of carbonyl (C=O) groups excluding carboxylic acids is 3. The van der Waals surface area contributed by atoms with Gasteiger partial charge in [0.15, 0.2) is 0 Å². The Morgan fingerprint density at radius 1 is 1.34 bits per heavy atom. The quantitative estimate of drug-likeness (QED) is 0.600. The van der Waals surface area contributed by atoms with Crippen molar-refractivity contribution < 1.29 is 27.9 Å². The highest BCUT2D eigenvalue weighted by Gasteiger charge is 2.27. The van der Waals surface area contributed by atoms with Crippen molar-refractivity contribution in [2.45, 2.75) is 40.2 Å². The number of carbonyl (C=O) groups is 3. The summed E-state index contributed by atoms with van der Waals surface area (Å²) in [4.78, 5) is 36.5. The van der Waals surface area contributed by atoms with E-state index in [0.717, 1.165) is 16.0 Å². The highest BCUT2D eigenvalue weighted by molar-refractivity contribution is 7.18. The number of nitrogens with one attached hydrogen (secondary N) is 1. The normalized spacial score (nSPS) is 11.0. The number of hydrogen-bond acceptors (Lipinski definition) is 6. The van der Waals surface area contributed by atoms with Gasteiger partial charge in [0, 0.05) is 0 Å². The van der Waals surface area contributed by atoms with Crippen LogP contribution in [0.15, 0.2) is 0 Å². The van der Waals surface area contributed by atoms with Crippen LogP contribution in [0.2, 0.25) is 5.02 Å². The number of amides is 2. The van der Waals surface area contributed by atoms with Crippen molar-refractivity contribution >= 4 is 45.7 Å². The lowest BCUT2D eigenvalue weighted by molar-refractivity contribution is -0.116. The number of anilines is 1. The van der Waals surface area contributed by atoms with Crippen LogP contribution in [0.4, 0.5) is 13.8 Å². The Morgan fingerprint density at radius 2 is 2.00 bits per heavy atom. The van der Waals surface area contributed by atoms with Crippen molar-refractivity contribution in [3.05, 3.63) is 32.4 Å². The van der Waals surface area contributed by atoms with Crippen LogP contribution < -0.4 is 11.1 Å². The summed E-state index contributed by atoms with van der Waals surface area (Å²) in [6.45, 7) is 4.51. The van der Waals surface area contributed by atoms with Crippen molar-refractivity contribution in [3.63, 3.8) is 0 Å². The number of alkyl halides is 2. The molecule has 0 aliphatic carbocycles. The van der Waals surface area contributed by atoms with E-state index in [-0.39, 0.29) is 38.3 Å². The molecular weight excluding hydrogens is 430 g/mol. The lowest BCUT2D eigenvalue weighted by atomic mass is 10.1. The molecule has 2 amide bonds. The van der Waals surface area contributed by atoms with Crippen LogP contribution in [0.3, 0.4) is 0 Å². The minimum atomic E-state index is -2.89. The van der Waals surface area contributed by atoms with Gasteiger partial charge < -0.3 is 15.8 Å². The average Bonchev–Trinajstić information content (AvgIpc) is 3.11. The Balaban J connectivity index is 2.30. The van der Waals surface area contributed by atoms with Gasteiger partial charge in [-0.15, -0.1) is 11.3 Å². The molecule has 0 radical (unpaired) electrons. The summed E-state index contributed by atoms with van der Waals surface area (Å²) in [5.41, 5.74) is 5.21. The highest BCUT2D eigenvalue weighted by atomic mass is 35.5. The first-order valence-corrected chi connectivity index (χ1v) is 9.68. The Bertz CT molecular complexity index is 958. The maximum Gasteiger partial charge on any atom is 0.341 e. The van der Waals surface area contributed by atoms with E-state index in [4.69, 9.17) is 22.1 Å². The van der Waals surface area contributed by atoms with Crippen molar-refractivity contribution in [3.8, 4) is 0 Å². The van der Waals surface area contributed by atoms with Gasteiger partial charge in [0.05, 0.1) is 27.8 Å². The van der Waals surface area contributed by atoms with E-state index in [1.54, 1.807) is 0 Å². The summed E-state index contributed by atoms with van der Waals surface area (Å²) in [7, 11) is 0. The highest BCUT2D eigenvalue weighted by Crippen LogP contribution is 2.34. The lowest BCUT2D eigenvalue weighted by Crippen LogP contribution is -2.21. The zero-order valence-electron chi connectivity index (χ0n) is 15.8. The zero-order valence-corrected chi connectivity index (χ0v) is 17.4. The van der Waals surface area contributed by atoms with E-state index in [2.05, 4.69) is 10.4 Å². The molecule has 0 atom stereocenters. The second-order valence-corrected chi connectivity index (χ2v) is 7.45. The summed E-state index contributed by atoms with van der Waals surface area (Å²) >= 11 is 6.65. The topological polar surface area (TPSA) is 116 Å². The zero-order chi connectivity index (χ0) is 21.9. The predicted molar refractivity (Wildman–Crippen MR) is 104 cm³/mol. The first-order chi connectivity index (χ1) is 13.6. The molecule has 12 heteroatoms. The first kappa shape index (κ1) is 22.8. The monoisotopic (exact) mass is 448 g/mol. The minimum Gasteiger partial charge on any atom is -0.462 e. The maximum atomic E-state index is 12.9. The Kier molecular flexibility index (Phi) is 7.31. The third-order valence-corrected chi connectivity index (χ3v) is 5.61. The van der Waals surface area contributed by atoms with Crippen LogP contribution in [0.1, 0.15) is 56.8 Å². The number of hydrogen-bond donors (Lipinski definition) is 2. The molecule has 0 spiro atoms. The Hall–Kier alpha value is -2.53. The second kappa shape index (κ2) is 9.31. The molecule has 8 nitrogen and oxygen atoms in total. The van der Waals surface area contributed by atoms with E-state index < -0.39 is 36.4 Å². The molecule has 0 fully saturated rings. The Labute approximate surface area is 174 Å². The number of ether oxygens (including phenoxy) is 1. The van der Waals surface area contributed by atoms with Crippen molar-refractivity contribution in [2.24, 2.45) is 5.73 Å². The maximum absolute atomic E-state index is 12.9. The number of thiophene rings is 1. The van der Waals surface area contributed by atoms with Crippen molar-refractivity contribution in [1.82, 2.24) is 9.78 Å². The standard InChI is InChI=1S/C17H19ClF2N4O4S/c1-4-5-28-17(27)10-7(2)13(15(21)26)29-16(10)22-9(25)6-24-8(3)11(18)12(23-24)14(19)20/h14H,4-6H2,1-3H3,(H2,21,26)(H,22,25). The predicted octanol–water partition coefficient (Wildman–Crippen LogP) is 3.46. The smallest absolute Gasteiger partial charge is 0.341 e. The SMILES string of the molecule is CCCOC(=O)c1c(NC(=O)Cn2nc(C(F)F)c(Cl)c2C)sc(C(N)=O)c1C. The molecule has 29 heavy (non-hydrogen) atoms. The van der Waals surface area contributed by atoms with Gasteiger partial charge in [0.2, 0.25) is 5.91 Å². The second-order valence-electron chi connectivity index (χ2n) is 6.05. The molecule has 3 N–H and O–H groups in total. The van der Waals surface area contributed by atoms with E-state index in [0.29, 0.717) is 6.42 Å². The molecule has 0 bridgehead atoms. The fourth-order valence-electron chi connectivity index (χ4n) is 2.49. The van der Waals surface area contributed by atoms with Gasteiger partial charge in [-0.25, -0.2) is 13.6 Å².